The first-order valence-electron chi connectivity index (χ1n) is 11.3. The van der Waals surface area contributed by atoms with E-state index in [9.17, 15) is 4.79 Å². The van der Waals surface area contributed by atoms with Gasteiger partial charge in [-0.25, -0.2) is 0 Å². The number of carbonyl (C=O) groups excluding carboxylic acids is 1. The lowest BCUT2D eigenvalue weighted by atomic mass is 9.66. The van der Waals surface area contributed by atoms with Gasteiger partial charge in [0.25, 0.3) is 5.91 Å². The first kappa shape index (κ1) is 19.0. The van der Waals surface area contributed by atoms with E-state index in [1.807, 2.05) is 54.7 Å². The van der Waals surface area contributed by atoms with Gasteiger partial charge in [0.1, 0.15) is 0 Å². The number of benzene rings is 2. The average molecular weight is 414 g/mol. The quantitative estimate of drug-likeness (QED) is 0.667. The van der Waals surface area contributed by atoms with Crippen molar-refractivity contribution in [1.82, 2.24) is 9.88 Å². The van der Waals surface area contributed by atoms with Crippen molar-refractivity contribution in [2.45, 2.75) is 43.9 Å². The maximum Gasteiger partial charge on any atom is 0.255 e. The molecule has 0 saturated carbocycles. The van der Waals surface area contributed by atoms with Crippen LogP contribution in [0.1, 0.15) is 48.2 Å². The number of hydrogen-bond acceptors (Lipinski definition) is 4. The fourth-order valence-corrected chi connectivity index (χ4v) is 6.01. The van der Waals surface area contributed by atoms with Crippen molar-refractivity contribution in [3.05, 3.63) is 71.9 Å². The van der Waals surface area contributed by atoms with Gasteiger partial charge in [-0.15, -0.1) is 0 Å². The maximum absolute atomic E-state index is 12.9. The highest BCUT2D eigenvalue weighted by Crippen LogP contribution is 2.54. The van der Waals surface area contributed by atoms with Crippen LogP contribution in [0, 0.1) is 5.92 Å². The largest absolute Gasteiger partial charge is 0.364 e. The van der Waals surface area contributed by atoms with Gasteiger partial charge < -0.3 is 10.1 Å². The number of rotatable bonds is 4. The van der Waals surface area contributed by atoms with Gasteiger partial charge in [0, 0.05) is 35.4 Å². The van der Waals surface area contributed by atoms with Crippen molar-refractivity contribution in [3.63, 3.8) is 0 Å². The van der Waals surface area contributed by atoms with Gasteiger partial charge in [0.2, 0.25) is 0 Å². The van der Waals surface area contributed by atoms with Crippen molar-refractivity contribution in [3.8, 4) is 0 Å². The van der Waals surface area contributed by atoms with E-state index in [4.69, 9.17) is 4.74 Å². The van der Waals surface area contributed by atoms with E-state index in [1.165, 1.54) is 19.4 Å². The number of anilines is 1. The fourth-order valence-electron chi connectivity index (χ4n) is 6.01. The number of aromatic nitrogens is 1. The van der Waals surface area contributed by atoms with Crippen LogP contribution in [-0.4, -0.2) is 40.5 Å². The summed E-state index contributed by atoms with van der Waals surface area (Å²) < 4.78 is 6.88. The molecule has 8 rings (SSSR count). The van der Waals surface area contributed by atoms with Crippen LogP contribution >= 0.6 is 0 Å². The Morgan fingerprint density at radius 2 is 2.10 bits per heavy atom. The highest BCUT2D eigenvalue weighted by molar-refractivity contribution is 6.06. The lowest BCUT2D eigenvalue weighted by Crippen LogP contribution is -2.70. The predicted octanol–water partition coefficient (Wildman–Crippen LogP) is 4.80. The molecule has 5 heteroatoms. The second kappa shape index (κ2) is 7.14. The van der Waals surface area contributed by atoms with Crippen molar-refractivity contribution in [2.75, 3.05) is 18.4 Å². The summed E-state index contributed by atoms with van der Waals surface area (Å²) in [5.74, 6) is 0.561. The number of ether oxygens (including phenoxy) is 1. The first-order valence-corrected chi connectivity index (χ1v) is 11.3. The van der Waals surface area contributed by atoms with Crippen molar-refractivity contribution < 1.29 is 9.53 Å². The summed E-state index contributed by atoms with van der Waals surface area (Å²) in [7, 11) is 0. The molecule has 5 saturated heterocycles. The molecule has 0 aliphatic carbocycles. The van der Waals surface area contributed by atoms with Gasteiger partial charge >= 0.3 is 0 Å². The van der Waals surface area contributed by atoms with Crippen molar-refractivity contribution in [1.29, 1.82) is 0 Å². The molecular weight excluding hydrogens is 386 g/mol. The molecule has 1 aromatic heterocycles. The molecule has 31 heavy (non-hydrogen) atoms. The molecule has 5 aliphatic rings. The summed E-state index contributed by atoms with van der Waals surface area (Å²) in [5.41, 5.74) is 3.46. The van der Waals surface area contributed by atoms with Crippen LogP contribution in [0.4, 0.5) is 5.69 Å². The minimum Gasteiger partial charge on any atom is -0.364 e. The topological polar surface area (TPSA) is 54.5 Å². The average Bonchev–Trinajstić information content (AvgIpc) is 2.83. The maximum atomic E-state index is 12.9. The Labute approximate surface area is 182 Å². The molecule has 158 valence electrons. The number of hydrogen-bond donors (Lipinski definition) is 1. The van der Waals surface area contributed by atoms with Crippen molar-refractivity contribution in [2.24, 2.45) is 5.92 Å². The normalized spacial score (nSPS) is 31.1. The molecule has 2 aromatic carbocycles. The number of para-hydroxylation sites is 1. The number of nitrogens with zero attached hydrogens (tertiary/aromatic N) is 2. The fraction of sp³-hybridized carbons (Fsp3) is 0.385. The van der Waals surface area contributed by atoms with Crippen LogP contribution in [0.25, 0.3) is 10.9 Å². The second-order valence-electron chi connectivity index (χ2n) is 9.17. The van der Waals surface area contributed by atoms with Gasteiger partial charge in [-0.1, -0.05) is 25.1 Å². The molecule has 4 bridgehead atoms. The smallest absolute Gasteiger partial charge is 0.255 e. The van der Waals surface area contributed by atoms with E-state index in [-0.39, 0.29) is 17.6 Å². The number of morpholine rings is 1. The van der Waals surface area contributed by atoms with Crippen LogP contribution in [-0.2, 0) is 4.74 Å². The molecule has 5 aliphatic heterocycles. The molecule has 1 N–H and O–H groups in total. The zero-order chi connectivity index (χ0) is 21.0. The van der Waals surface area contributed by atoms with Gasteiger partial charge in [0.15, 0.2) is 0 Å². The van der Waals surface area contributed by atoms with Crippen LogP contribution in [0.3, 0.4) is 0 Å². The Morgan fingerprint density at radius 1 is 1.23 bits per heavy atom. The number of pyridine rings is 1. The molecular formula is C26H27N3O2. The molecule has 5 atom stereocenters. The van der Waals surface area contributed by atoms with Gasteiger partial charge in [-0.05, 0) is 73.7 Å². The SMILES string of the molecule is CCC12CN3CCC1CC3[C@H](c1ccnc3ccc(C(=O)Nc4ccccc4)cc13)O2. The Morgan fingerprint density at radius 3 is 2.87 bits per heavy atom. The summed E-state index contributed by atoms with van der Waals surface area (Å²) in [6.45, 7) is 4.49. The van der Waals surface area contributed by atoms with E-state index in [0.29, 0.717) is 17.5 Å². The van der Waals surface area contributed by atoms with Crippen LogP contribution < -0.4 is 5.32 Å². The minimum atomic E-state index is -0.109. The highest BCUT2D eigenvalue weighted by Gasteiger charge is 2.58. The zero-order valence-electron chi connectivity index (χ0n) is 17.8. The molecule has 6 heterocycles. The number of fused-ring (bicyclic) bond motifs is 3. The molecule has 5 nitrogen and oxygen atoms in total. The molecule has 0 radical (unpaired) electrons. The van der Waals surface area contributed by atoms with Crippen LogP contribution in [0.5, 0.6) is 0 Å². The third-order valence-corrected chi connectivity index (χ3v) is 7.66. The monoisotopic (exact) mass is 413 g/mol. The standard InChI is InChI=1S/C26H27N3O2/c1-2-26-16-29-13-11-18(26)15-23(29)24(31-26)20-10-12-27-22-9-8-17(14-21(20)22)25(30)28-19-6-4-3-5-7-19/h3-10,12,14,18,23-24H,2,11,13,15-16H2,1H3,(H,28,30)/t18?,23?,24-,26?/m0/s1. The summed E-state index contributed by atoms with van der Waals surface area (Å²) in [6, 6.07) is 17.8. The number of nitrogens with one attached hydrogen (secondary N) is 1. The first-order chi connectivity index (χ1) is 15.2. The summed E-state index contributed by atoms with van der Waals surface area (Å²) in [6.07, 6.45) is 5.40. The Hall–Kier alpha value is -2.76. The highest BCUT2D eigenvalue weighted by atomic mass is 16.5. The van der Waals surface area contributed by atoms with Gasteiger partial charge in [0.05, 0.1) is 17.2 Å². The molecule has 4 unspecified atom stereocenters. The van der Waals surface area contributed by atoms with E-state index < -0.39 is 0 Å². The molecule has 0 spiro atoms. The van der Waals surface area contributed by atoms with E-state index >= 15 is 0 Å². The van der Waals surface area contributed by atoms with Gasteiger partial charge in [-0.2, -0.15) is 0 Å². The minimum absolute atomic E-state index is 0.0307. The third kappa shape index (κ3) is 2.99. The predicted molar refractivity (Wildman–Crippen MR) is 121 cm³/mol. The number of amides is 1. The molecule has 3 aromatic rings. The third-order valence-electron chi connectivity index (χ3n) is 7.66. The Bertz CT molecular complexity index is 1150. The van der Waals surface area contributed by atoms with Crippen molar-refractivity contribution >= 4 is 22.5 Å². The summed E-state index contributed by atoms with van der Waals surface area (Å²) in [4.78, 5) is 20.1. The van der Waals surface area contributed by atoms with E-state index in [0.717, 1.165) is 35.1 Å². The zero-order valence-corrected chi connectivity index (χ0v) is 17.8. The van der Waals surface area contributed by atoms with E-state index in [2.05, 4.69) is 28.2 Å². The molecule has 1 amide bonds. The number of piperidine rings is 3. The summed E-state index contributed by atoms with van der Waals surface area (Å²) in [5, 5.41) is 4.00. The summed E-state index contributed by atoms with van der Waals surface area (Å²) >= 11 is 0. The second-order valence-corrected chi connectivity index (χ2v) is 9.17. The number of carbonyl (C=O) groups is 1. The Balaban J connectivity index is 1.38. The lowest BCUT2D eigenvalue weighted by Gasteiger charge is -2.64. The Kier molecular flexibility index (Phi) is 4.37. The lowest BCUT2D eigenvalue weighted by molar-refractivity contribution is -0.274. The molecule has 5 fully saturated rings. The van der Waals surface area contributed by atoms with E-state index in [1.54, 1.807) is 0 Å². The van der Waals surface area contributed by atoms with Gasteiger partial charge in [-0.3, -0.25) is 14.7 Å². The van der Waals surface area contributed by atoms with Crippen LogP contribution in [0.15, 0.2) is 60.8 Å². The van der Waals surface area contributed by atoms with Crippen LogP contribution in [0.2, 0.25) is 0 Å².